The van der Waals surface area contributed by atoms with Gasteiger partial charge in [-0.2, -0.15) is 0 Å². The molecule has 0 saturated carbocycles. The van der Waals surface area contributed by atoms with Crippen molar-refractivity contribution < 1.29 is 9.53 Å². The van der Waals surface area contributed by atoms with Crippen molar-refractivity contribution in [1.82, 2.24) is 5.32 Å². The fraction of sp³-hybridized carbons (Fsp3) is 0.333. The molecule has 0 aliphatic heterocycles. The second-order valence-electron chi connectivity index (χ2n) is 3.86. The van der Waals surface area contributed by atoms with Crippen LogP contribution in [0.1, 0.15) is 19.4 Å². The van der Waals surface area contributed by atoms with Gasteiger partial charge in [-0.25, -0.2) is 4.79 Å². The molecule has 0 heterocycles. The van der Waals surface area contributed by atoms with Crippen LogP contribution in [-0.4, -0.2) is 18.5 Å². The van der Waals surface area contributed by atoms with Crippen molar-refractivity contribution in [3.8, 4) is 0 Å². The summed E-state index contributed by atoms with van der Waals surface area (Å²) >= 11 is 0. The van der Waals surface area contributed by atoms with Crippen molar-refractivity contribution in [2.45, 2.75) is 13.8 Å². The summed E-state index contributed by atoms with van der Waals surface area (Å²) in [5.74, 6) is 0.339. The minimum absolute atomic E-state index is 0.0503. The second kappa shape index (κ2) is 5.90. The van der Waals surface area contributed by atoms with E-state index in [0.717, 1.165) is 0 Å². The molecule has 4 nitrogen and oxygen atoms in total. The van der Waals surface area contributed by atoms with Gasteiger partial charge in [0.25, 0.3) is 0 Å². The fourth-order valence-electron chi connectivity index (χ4n) is 1.06. The van der Waals surface area contributed by atoms with Crippen molar-refractivity contribution in [3.05, 3.63) is 35.9 Å². The first kappa shape index (κ1) is 12.2. The average Bonchev–Trinajstić information content (AvgIpc) is 2.27. The third-order valence-corrected chi connectivity index (χ3v) is 1.84. The van der Waals surface area contributed by atoms with Crippen LogP contribution in [0, 0.1) is 11.3 Å². The fourth-order valence-corrected chi connectivity index (χ4v) is 1.06. The lowest BCUT2D eigenvalue weighted by Gasteiger charge is -2.09. The second-order valence-corrected chi connectivity index (χ2v) is 3.86. The Morgan fingerprint density at radius 3 is 2.56 bits per heavy atom. The third kappa shape index (κ3) is 4.13. The van der Waals surface area contributed by atoms with E-state index in [-0.39, 0.29) is 11.8 Å². The highest BCUT2D eigenvalue weighted by atomic mass is 16.5. The molecule has 2 N–H and O–H groups in total. The van der Waals surface area contributed by atoms with Crippen molar-refractivity contribution in [1.29, 1.82) is 5.41 Å². The van der Waals surface area contributed by atoms with E-state index in [4.69, 9.17) is 10.1 Å². The summed E-state index contributed by atoms with van der Waals surface area (Å²) in [6.07, 6.45) is -0.581. The number of amides is 1. The summed E-state index contributed by atoms with van der Waals surface area (Å²) in [6.45, 7) is 4.26. The van der Waals surface area contributed by atoms with Gasteiger partial charge in [0.2, 0.25) is 0 Å². The van der Waals surface area contributed by atoms with E-state index in [1.165, 1.54) is 0 Å². The molecule has 0 atom stereocenters. The van der Waals surface area contributed by atoms with E-state index in [1.54, 1.807) is 12.1 Å². The van der Waals surface area contributed by atoms with Gasteiger partial charge in [0.05, 0.1) is 6.61 Å². The standard InChI is InChI=1S/C12H16N2O2/c1-9(2)8-16-12(15)14-11(13)10-6-4-3-5-7-10/h3-7,9H,8H2,1-2H3,(H2,13,14,15). The maximum Gasteiger partial charge on any atom is 0.412 e. The van der Waals surface area contributed by atoms with Crippen LogP contribution in [-0.2, 0) is 4.74 Å². The summed E-state index contributed by atoms with van der Waals surface area (Å²) in [7, 11) is 0. The number of rotatable bonds is 3. The molecule has 1 aromatic carbocycles. The SMILES string of the molecule is CC(C)COC(=O)NC(=N)c1ccccc1. The molecule has 0 saturated heterocycles. The molecule has 0 unspecified atom stereocenters. The largest absolute Gasteiger partial charge is 0.449 e. The maximum atomic E-state index is 11.3. The van der Waals surface area contributed by atoms with Crippen LogP contribution >= 0.6 is 0 Å². The van der Waals surface area contributed by atoms with E-state index >= 15 is 0 Å². The van der Waals surface area contributed by atoms with Gasteiger partial charge in [-0.1, -0.05) is 44.2 Å². The predicted molar refractivity (Wildman–Crippen MR) is 62.6 cm³/mol. The van der Waals surface area contributed by atoms with Gasteiger partial charge in [-0.3, -0.25) is 10.7 Å². The molecule has 0 radical (unpaired) electrons. The lowest BCUT2D eigenvalue weighted by molar-refractivity contribution is 0.138. The van der Waals surface area contributed by atoms with Gasteiger partial charge in [0.15, 0.2) is 0 Å². The van der Waals surface area contributed by atoms with Crippen molar-refractivity contribution in [2.24, 2.45) is 5.92 Å². The van der Waals surface area contributed by atoms with E-state index in [1.807, 2.05) is 32.0 Å². The Labute approximate surface area is 95.1 Å². The van der Waals surface area contributed by atoms with Crippen LogP contribution in [0.5, 0.6) is 0 Å². The zero-order valence-corrected chi connectivity index (χ0v) is 9.49. The summed E-state index contributed by atoms with van der Waals surface area (Å²) < 4.78 is 4.90. The highest BCUT2D eigenvalue weighted by Gasteiger charge is 2.07. The van der Waals surface area contributed by atoms with Crippen molar-refractivity contribution in [3.63, 3.8) is 0 Å². The molecule has 0 fully saturated rings. The Morgan fingerprint density at radius 2 is 2.00 bits per heavy atom. The van der Waals surface area contributed by atoms with Crippen LogP contribution in [0.3, 0.4) is 0 Å². The first-order valence-corrected chi connectivity index (χ1v) is 5.17. The molecule has 0 aromatic heterocycles. The number of alkyl carbamates (subject to hydrolysis) is 1. The Bertz CT molecular complexity index is 361. The van der Waals surface area contributed by atoms with E-state index in [9.17, 15) is 4.79 Å². The lowest BCUT2D eigenvalue weighted by Crippen LogP contribution is -2.31. The smallest absolute Gasteiger partial charge is 0.412 e. The molecule has 0 aliphatic carbocycles. The molecule has 1 aromatic rings. The summed E-state index contributed by atoms with van der Waals surface area (Å²) in [6, 6.07) is 8.99. The van der Waals surface area contributed by atoms with Gasteiger partial charge in [0, 0.05) is 5.56 Å². The number of nitrogens with one attached hydrogen (secondary N) is 2. The minimum Gasteiger partial charge on any atom is -0.449 e. The van der Waals surface area contributed by atoms with E-state index in [0.29, 0.717) is 12.2 Å². The molecule has 1 rings (SSSR count). The van der Waals surface area contributed by atoms with E-state index < -0.39 is 6.09 Å². The van der Waals surface area contributed by atoms with Crippen molar-refractivity contribution >= 4 is 11.9 Å². The molecule has 4 heteroatoms. The number of hydrogen-bond acceptors (Lipinski definition) is 3. The number of hydrogen-bond donors (Lipinski definition) is 2. The number of carbonyl (C=O) groups is 1. The van der Waals surface area contributed by atoms with Gasteiger partial charge >= 0.3 is 6.09 Å². The average molecular weight is 220 g/mol. The van der Waals surface area contributed by atoms with Crippen LogP contribution in [0.25, 0.3) is 0 Å². The number of benzene rings is 1. The highest BCUT2D eigenvalue weighted by molar-refractivity contribution is 6.04. The lowest BCUT2D eigenvalue weighted by atomic mass is 10.2. The zero-order chi connectivity index (χ0) is 12.0. The molecule has 16 heavy (non-hydrogen) atoms. The predicted octanol–water partition coefficient (Wildman–Crippen LogP) is 2.39. The first-order valence-electron chi connectivity index (χ1n) is 5.17. The van der Waals surface area contributed by atoms with Gasteiger partial charge < -0.3 is 4.74 Å². The summed E-state index contributed by atoms with van der Waals surface area (Å²) in [4.78, 5) is 11.3. The number of ether oxygens (including phenoxy) is 1. The van der Waals surface area contributed by atoms with Gasteiger partial charge in [-0.05, 0) is 5.92 Å². The van der Waals surface area contributed by atoms with Gasteiger partial charge in [-0.15, -0.1) is 0 Å². The molecular formula is C12H16N2O2. The first-order chi connectivity index (χ1) is 7.59. The van der Waals surface area contributed by atoms with E-state index in [2.05, 4.69) is 5.32 Å². The normalized spacial score (nSPS) is 9.94. The molecule has 86 valence electrons. The maximum absolute atomic E-state index is 11.3. The molecular weight excluding hydrogens is 204 g/mol. The quantitative estimate of drug-likeness (QED) is 0.607. The monoisotopic (exact) mass is 220 g/mol. The van der Waals surface area contributed by atoms with Crippen LogP contribution in [0.15, 0.2) is 30.3 Å². The molecule has 0 bridgehead atoms. The molecule has 0 spiro atoms. The van der Waals surface area contributed by atoms with Crippen LogP contribution in [0.2, 0.25) is 0 Å². The molecule has 1 amide bonds. The number of amidine groups is 1. The van der Waals surface area contributed by atoms with Crippen LogP contribution < -0.4 is 5.32 Å². The highest BCUT2D eigenvalue weighted by Crippen LogP contribution is 1.98. The Balaban J connectivity index is 2.43. The van der Waals surface area contributed by atoms with Crippen molar-refractivity contribution in [2.75, 3.05) is 6.61 Å². The third-order valence-electron chi connectivity index (χ3n) is 1.84. The Kier molecular flexibility index (Phi) is 4.51. The minimum atomic E-state index is -0.581. The summed E-state index contributed by atoms with van der Waals surface area (Å²) in [5.41, 5.74) is 0.656. The topological polar surface area (TPSA) is 62.2 Å². The Morgan fingerprint density at radius 1 is 1.38 bits per heavy atom. The van der Waals surface area contributed by atoms with Crippen LogP contribution in [0.4, 0.5) is 4.79 Å². The Hall–Kier alpha value is -1.84. The van der Waals surface area contributed by atoms with Gasteiger partial charge in [0.1, 0.15) is 5.84 Å². The zero-order valence-electron chi connectivity index (χ0n) is 9.49. The number of carbonyl (C=O) groups excluding carboxylic acids is 1. The molecule has 0 aliphatic rings. The summed E-state index contributed by atoms with van der Waals surface area (Å²) in [5, 5.41) is 10.0.